The van der Waals surface area contributed by atoms with Gasteiger partial charge in [0.1, 0.15) is 0 Å². The van der Waals surface area contributed by atoms with Crippen LogP contribution in [-0.2, 0) is 14.3 Å². The first-order valence-electron chi connectivity index (χ1n) is 11.3. The molecule has 1 aliphatic carbocycles. The maximum atomic E-state index is 13.0. The molecule has 1 saturated heterocycles. The first-order valence-corrected chi connectivity index (χ1v) is 11.3. The van der Waals surface area contributed by atoms with E-state index in [1.165, 1.54) is 6.92 Å². The number of hydrogen-bond donors (Lipinski definition) is 3. The molecule has 1 aliphatic heterocycles. The van der Waals surface area contributed by atoms with Gasteiger partial charge in [-0.05, 0) is 47.9 Å². The van der Waals surface area contributed by atoms with Gasteiger partial charge in [-0.25, -0.2) is 0 Å². The van der Waals surface area contributed by atoms with Crippen LogP contribution in [0.5, 0.6) is 0 Å². The molecule has 1 aromatic heterocycles. The highest BCUT2D eigenvalue weighted by Crippen LogP contribution is 2.27. The number of hydrogen-bond acceptors (Lipinski definition) is 4. The molecule has 1 fully saturated rings. The van der Waals surface area contributed by atoms with Crippen LogP contribution in [0.15, 0.2) is 36.4 Å². The van der Waals surface area contributed by atoms with Crippen LogP contribution < -0.4 is 21.6 Å². The van der Waals surface area contributed by atoms with Gasteiger partial charge in [0.05, 0.1) is 30.2 Å². The lowest BCUT2D eigenvalue weighted by atomic mass is 9.96. The molecule has 34 heavy (non-hydrogen) atoms. The lowest BCUT2D eigenvalue weighted by molar-refractivity contribution is -0.137. The summed E-state index contributed by atoms with van der Waals surface area (Å²) in [6.07, 6.45) is 4.61. The van der Waals surface area contributed by atoms with Crippen molar-refractivity contribution >= 4 is 46.5 Å². The summed E-state index contributed by atoms with van der Waals surface area (Å²) in [5.74, 6) is -0.821. The van der Waals surface area contributed by atoms with Crippen LogP contribution in [0, 0.1) is 5.92 Å². The van der Waals surface area contributed by atoms with E-state index in [0.717, 1.165) is 27.1 Å². The van der Waals surface area contributed by atoms with Gasteiger partial charge in [0.15, 0.2) is 0 Å². The third-order valence-electron chi connectivity index (χ3n) is 6.37. The van der Waals surface area contributed by atoms with Crippen molar-refractivity contribution in [3.8, 4) is 11.1 Å². The Kier molecular flexibility index (Phi) is 5.67. The molecule has 0 bridgehead atoms. The van der Waals surface area contributed by atoms with Gasteiger partial charge in [-0.3, -0.25) is 14.4 Å². The summed E-state index contributed by atoms with van der Waals surface area (Å²) in [5, 5.41) is 5.44. The van der Waals surface area contributed by atoms with Gasteiger partial charge in [-0.1, -0.05) is 18.2 Å². The number of aromatic amines is 1. The molecule has 3 aromatic rings. The molecule has 0 saturated carbocycles. The van der Waals surface area contributed by atoms with Crippen molar-refractivity contribution in [2.75, 3.05) is 31.6 Å². The number of ether oxygens (including phenoxy) is 1. The number of H-pyrrole nitrogens is 1. The van der Waals surface area contributed by atoms with Crippen molar-refractivity contribution in [1.82, 2.24) is 9.88 Å². The molecular formula is C26H26N4O4. The fraction of sp³-hybridized carbons (Fsp3) is 0.269. The van der Waals surface area contributed by atoms with Crippen LogP contribution in [0.4, 0.5) is 5.69 Å². The molecule has 8 heteroatoms. The van der Waals surface area contributed by atoms with Crippen LogP contribution in [0.3, 0.4) is 0 Å². The smallest absolute Gasteiger partial charge is 0.250 e. The van der Waals surface area contributed by atoms with Crippen LogP contribution in [0.1, 0.15) is 23.7 Å². The van der Waals surface area contributed by atoms with Gasteiger partial charge in [0, 0.05) is 41.7 Å². The number of rotatable bonds is 4. The lowest BCUT2D eigenvalue weighted by Crippen LogP contribution is -2.44. The molecule has 0 spiro atoms. The van der Waals surface area contributed by atoms with Crippen molar-refractivity contribution in [3.05, 3.63) is 52.5 Å². The number of morpholine rings is 1. The van der Waals surface area contributed by atoms with Crippen molar-refractivity contribution in [2.24, 2.45) is 11.7 Å². The highest BCUT2D eigenvalue weighted by atomic mass is 16.5. The van der Waals surface area contributed by atoms with E-state index in [9.17, 15) is 14.4 Å². The molecule has 2 aliphatic rings. The third-order valence-corrected chi connectivity index (χ3v) is 6.37. The molecule has 8 nitrogen and oxygen atoms in total. The summed E-state index contributed by atoms with van der Waals surface area (Å²) in [6.45, 7) is 3.81. The largest absolute Gasteiger partial charge is 0.378 e. The summed E-state index contributed by atoms with van der Waals surface area (Å²) >= 11 is 0. The van der Waals surface area contributed by atoms with Gasteiger partial charge in [-0.2, -0.15) is 0 Å². The molecule has 1 unspecified atom stereocenters. The number of anilines is 1. The van der Waals surface area contributed by atoms with Crippen molar-refractivity contribution in [2.45, 2.75) is 13.3 Å². The number of carbonyl (C=O) groups excluding carboxylic acids is 3. The number of nitrogens with zero attached hydrogens (tertiary/aromatic N) is 1. The lowest BCUT2D eigenvalue weighted by Gasteiger charge is -2.29. The van der Waals surface area contributed by atoms with E-state index in [1.807, 2.05) is 41.3 Å². The summed E-state index contributed by atoms with van der Waals surface area (Å²) < 4.78 is 5.36. The van der Waals surface area contributed by atoms with E-state index in [-0.39, 0.29) is 17.7 Å². The molecule has 3 amide bonds. The molecule has 1 atom stereocenters. The first-order chi connectivity index (χ1) is 16.4. The summed E-state index contributed by atoms with van der Waals surface area (Å²) in [6, 6.07) is 11.2. The van der Waals surface area contributed by atoms with E-state index in [4.69, 9.17) is 10.5 Å². The second kappa shape index (κ2) is 8.79. The Balaban J connectivity index is 1.56. The van der Waals surface area contributed by atoms with Crippen molar-refractivity contribution in [3.63, 3.8) is 0 Å². The number of amides is 3. The van der Waals surface area contributed by atoms with E-state index in [2.05, 4.69) is 16.4 Å². The van der Waals surface area contributed by atoms with Crippen molar-refractivity contribution in [1.29, 1.82) is 0 Å². The standard InChI is InChI=1S/C26H26N4O4/c1-15(31)28-19-5-2-16(3-6-19)18-12-21-20-7-4-17(26(33)30-8-10-34-11-9-30)14-23(20)29-24(21)22(13-18)25(27)32/h2-3,5-7,12-14,17,29H,4,8-11H2,1H3,(H2,27,32)(H,28,31). The number of primary amides is 1. The molecule has 2 heterocycles. The SMILES string of the molecule is CC(=O)Nc1ccc(-c2cc(C(N)=O)c3[nH]c4c(c3c2)=CCC(C(=O)N2CCOCC2)C=4)cc1. The van der Waals surface area contributed by atoms with Crippen LogP contribution in [-0.4, -0.2) is 53.9 Å². The quantitative estimate of drug-likeness (QED) is 0.547. The fourth-order valence-corrected chi connectivity index (χ4v) is 4.70. The van der Waals surface area contributed by atoms with Gasteiger partial charge in [-0.15, -0.1) is 0 Å². The predicted molar refractivity (Wildman–Crippen MR) is 130 cm³/mol. The minimum atomic E-state index is -0.527. The van der Waals surface area contributed by atoms with Gasteiger partial charge < -0.3 is 25.7 Å². The van der Waals surface area contributed by atoms with E-state index < -0.39 is 5.91 Å². The predicted octanol–water partition coefficient (Wildman–Crippen LogP) is 1.33. The number of nitrogens with two attached hydrogens (primary N) is 1. The zero-order chi connectivity index (χ0) is 23.8. The minimum absolute atomic E-state index is 0.0962. The third kappa shape index (κ3) is 4.08. The number of carbonyl (C=O) groups is 3. The summed E-state index contributed by atoms with van der Waals surface area (Å²) in [4.78, 5) is 41.8. The molecule has 174 valence electrons. The van der Waals surface area contributed by atoms with Gasteiger partial charge in [0.2, 0.25) is 11.8 Å². The van der Waals surface area contributed by atoms with Gasteiger partial charge >= 0.3 is 0 Å². The minimum Gasteiger partial charge on any atom is -0.378 e. The average molecular weight is 459 g/mol. The monoisotopic (exact) mass is 458 g/mol. The number of benzene rings is 2. The Labute approximate surface area is 196 Å². The second-order valence-corrected chi connectivity index (χ2v) is 8.67. The molecule has 2 aromatic carbocycles. The molecule has 0 radical (unpaired) electrons. The Bertz CT molecular complexity index is 1420. The average Bonchev–Trinajstić information content (AvgIpc) is 3.21. The topological polar surface area (TPSA) is 118 Å². The Hall–Kier alpha value is -3.91. The second-order valence-electron chi connectivity index (χ2n) is 8.67. The molecular weight excluding hydrogens is 432 g/mol. The van der Waals surface area contributed by atoms with E-state index in [0.29, 0.717) is 49.5 Å². The normalized spacial score (nSPS) is 17.4. The molecule has 5 rings (SSSR count). The number of fused-ring (bicyclic) bond motifs is 3. The molecule has 4 N–H and O–H groups in total. The van der Waals surface area contributed by atoms with Crippen LogP contribution in [0.2, 0.25) is 0 Å². The Morgan fingerprint density at radius 2 is 1.82 bits per heavy atom. The number of nitrogens with one attached hydrogen (secondary N) is 2. The maximum Gasteiger partial charge on any atom is 0.250 e. The zero-order valence-electron chi connectivity index (χ0n) is 18.9. The number of aromatic nitrogens is 1. The zero-order valence-corrected chi connectivity index (χ0v) is 18.9. The highest BCUT2D eigenvalue weighted by Gasteiger charge is 2.25. The Morgan fingerprint density at radius 1 is 1.09 bits per heavy atom. The maximum absolute atomic E-state index is 13.0. The fourth-order valence-electron chi connectivity index (χ4n) is 4.70. The Morgan fingerprint density at radius 3 is 2.50 bits per heavy atom. The van der Waals surface area contributed by atoms with E-state index >= 15 is 0 Å². The first kappa shape index (κ1) is 21.9. The highest BCUT2D eigenvalue weighted by molar-refractivity contribution is 6.07. The van der Waals surface area contributed by atoms with Crippen molar-refractivity contribution < 1.29 is 19.1 Å². The van der Waals surface area contributed by atoms with E-state index in [1.54, 1.807) is 6.07 Å². The summed E-state index contributed by atoms with van der Waals surface area (Å²) in [7, 11) is 0. The van der Waals surface area contributed by atoms with Crippen LogP contribution in [0.25, 0.3) is 34.2 Å². The summed E-state index contributed by atoms with van der Waals surface area (Å²) in [5.41, 5.74) is 9.24. The van der Waals surface area contributed by atoms with Gasteiger partial charge in [0.25, 0.3) is 5.91 Å². The van der Waals surface area contributed by atoms with Crippen LogP contribution >= 0.6 is 0 Å².